The van der Waals surface area contributed by atoms with Gasteiger partial charge in [0.15, 0.2) is 0 Å². The van der Waals surface area contributed by atoms with E-state index < -0.39 is 0 Å². The molecule has 1 fully saturated rings. The number of likely N-dealkylation sites (tertiary alicyclic amines) is 1. The summed E-state index contributed by atoms with van der Waals surface area (Å²) in [5, 5.41) is 0. The van der Waals surface area contributed by atoms with Gasteiger partial charge in [-0.25, -0.2) is 0 Å². The normalized spacial score (nSPS) is 14.1. The predicted octanol–water partition coefficient (Wildman–Crippen LogP) is 4.19. The third kappa shape index (κ3) is 4.44. The predicted molar refractivity (Wildman–Crippen MR) is 115 cm³/mol. The highest BCUT2D eigenvalue weighted by Crippen LogP contribution is 2.33. The molecule has 0 saturated carbocycles. The Balaban J connectivity index is 2.13. The smallest absolute Gasteiger partial charge is 0.227 e. The average Bonchev–Trinajstić information content (AvgIpc) is 3.18. The van der Waals surface area contributed by atoms with Gasteiger partial charge in [0, 0.05) is 31.0 Å². The number of hydrogen-bond donors (Lipinski definition) is 1. The van der Waals surface area contributed by atoms with Gasteiger partial charge in [-0.15, -0.1) is 0 Å². The Kier molecular flexibility index (Phi) is 6.50. The molecule has 0 unspecified atom stereocenters. The number of hydrogen-bond acceptors (Lipinski definition) is 3. The molecule has 1 aromatic carbocycles. The van der Waals surface area contributed by atoms with Gasteiger partial charge in [-0.1, -0.05) is 43.7 Å². The van der Waals surface area contributed by atoms with Gasteiger partial charge in [0.25, 0.3) is 0 Å². The number of carbonyl (C=O) groups is 1. The quantitative estimate of drug-likeness (QED) is 0.819. The summed E-state index contributed by atoms with van der Waals surface area (Å²) in [6, 6.07) is 8.54. The highest BCUT2D eigenvalue weighted by molar-refractivity contribution is 5.84. The van der Waals surface area contributed by atoms with Gasteiger partial charge in [-0.05, 0) is 61.3 Å². The minimum Gasteiger partial charge on any atom is -0.342 e. The molecule has 1 amide bonds. The summed E-state index contributed by atoms with van der Waals surface area (Å²) >= 11 is 0. The maximum absolute atomic E-state index is 12.9. The third-order valence-electron chi connectivity index (χ3n) is 5.62. The Hall–Kier alpha value is -2.20. The van der Waals surface area contributed by atoms with Gasteiger partial charge in [-0.3, -0.25) is 9.78 Å². The van der Waals surface area contributed by atoms with Crippen molar-refractivity contribution in [1.29, 1.82) is 0 Å². The molecular formula is C24H33N3O. The van der Waals surface area contributed by atoms with Crippen molar-refractivity contribution >= 4 is 5.91 Å². The summed E-state index contributed by atoms with van der Waals surface area (Å²) in [5.74, 6) is 0.704. The molecule has 4 heteroatoms. The fraction of sp³-hybridized carbons (Fsp3) is 0.500. The zero-order valence-corrected chi connectivity index (χ0v) is 17.7. The molecule has 150 valence electrons. The number of nitrogens with zero attached hydrogens (tertiary/aromatic N) is 2. The van der Waals surface area contributed by atoms with E-state index in [1.807, 2.05) is 11.8 Å². The summed E-state index contributed by atoms with van der Waals surface area (Å²) < 4.78 is 0. The number of pyridine rings is 1. The summed E-state index contributed by atoms with van der Waals surface area (Å²) in [4.78, 5) is 19.8. The van der Waals surface area contributed by atoms with Gasteiger partial charge in [0.05, 0.1) is 6.42 Å². The van der Waals surface area contributed by atoms with Gasteiger partial charge in [0.2, 0.25) is 5.91 Å². The van der Waals surface area contributed by atoms with Crippen LogP contribution in [0.4, 0.5) is 0 Å². The minimum atomic E-state index is 0.204. The van der Waals surface area contributed by atoms with Gasteiger partial charge >= 0.3 is 0 Å². The molecule has 0 aliphatic carbocycles. The van der Waals surface area contributed by atoms with Crippen molar-refractivity contribution in [3.05, 3.63) is 52.3 Å². The number of carbonyl (C=O) groups excluding carboxylic acids is 1. The van der Waals surface area contributed by atoms with Crippen LogP contribution < -0.4 is 5.73 Å². The van der Waals surface area contributed by atoms with Crippen LogP contribution in [-0.4, -0.2) is 28.9 Å². The molecule has 3 rings (SSSR count). The molecule has 0 bridgehead atoms. The van der Waals surface area contributed by atoms with Crippen molar-refractivity contribution in [2.45, 2.75) is 59.9 Å². The van der Waals surface area contributed by atoms with Crippen molar-refractivity contribution in [3.8, 4) is 11.1 Å². The number of aryl methyl sites for hydroxylation is 2. The zero-order valence-electron chi connectivity index (χ0n) is 17.7. The van der Waals surface area contributed by atoms with E-state index in [1.165, 1.54) is 5.56 Å². The largest absolute Gasteiger partial charge is 0.342 e. The van der Waals surface area contributed by atoms with E-state index in [2.05, 4.69) is 45.0 Å². The number of amides is 1. The lowest BCUT2D eigenvalue weighted by molar-refractivity contribution is -0.129. The lowest BCUT2D eigenvalue weighted by atomic mass is 9.88. The molecule has 1 saturated heterocycles. The molecule has 1 aliphatic rings. The van der Waals surface area contributed by atoms with Crippen molar-refractivity contribution in [3.63, 3.8) is 0 Å². The Morgan fingerprint density at radius 3 is 2.32 bits per heavy atom. The monoisotopic (exact) mass is 379 g/mol. The van der Waals surface area contributed by atoms with E-state index in [-0.39, 0.29) is 5.91 Å². The lowest BCUT2D eigenvalue weighted by Crippen LogP contribution is -2.30. The third-order valence-corrected chi connectivity index (χ3v) is 5.62. The van der Waals surface area contributed by atoms with Crippen molar-refractivity contribution in [1.82, 2.24) is 9.88 Å². The SMILES string of the molecule is Cc1ccc(-c2c(CC(=O)N3CCCC3)c(C)nc(CC(C)C)c2CN)cc1. The molecule has 0 radical (unpaired) electrons. The van der Waals surface area contributed by atoms with Crippen LogP contribution in [0.15, 0.2) is 24.3 Å². The second-order valence-corrected chi connectivity index (χ2v) is 8.41. The first-order valence-corrected chi connectivity index (χ1v) is 10.5. The Morgan fingerprint density at radius 1 is 1.11 bits per heavy atom. The van der Waals surface area contributed by atoms with Crippen molar-refractivity contribution in [2.24, 2.45) is 11.7 Å². The Labute approximate surface area is 169 Å². The first-order chi connectivity index (χ1) is 13.4. The maximum atomic E-state index is 12.9. The van der Waals surface area contributed by atoms with Crippen LogP contribution in [0.3, 0.4) is 0 Å². The number of nitrogens with two attached hydrogens (primary N) is 1. The minimum absolute atomic E-state index is 0.204. The lowest BCUT2D eigenvalue weighted by Gasteiger charge is -2.22. The van der Waals surface area contributed by atoms with Crippen LogP contribution in [0.1, 0.15) is 54.8 Å². The van der Waals surface area contributed by atoms with Gasteiger partial charge in [0.1, 0.15) is 0 Å². The van der Waals surface area contributed by atoms with E-state index in [4.69, 9.17) is 10.7 Å². The number of rotatable bonds is 6. The van der Waals surface area contributed by atoms with E-state index in [1.54, 1.807) is 0 Å². The highest BCUT2D eigenvalue weighted by atomic mass is 16.2. The van der Waals surface area contributed by atoms with Crippen molar-refractivity contribution in [2.75, 3.05) is 13.1 Å². The molecule has 2 heterocycles. The Morgan fingerprint density at radius 2 is 1.75 bits per heavy atom. The number of aromatic nitrogens is 1. The number of benzene rings is 1. The first kappa shape index (κ1) is 20.5. The standard InChI is InChI=1S/C24H33N3O/c1-16(2)13-22-21(15-25)24(19-9-7-17(3)8-10-19)20(18(4)26-22)14-23(28)27-11-5-6-12-27/h7-10,16H,5-6,11-15,25H2,1-4H3. The summed E-state index contributed by atoms with van der Waals surface area (Å²) in [5.41, 5.74) is 13.9. The van der Waals surface area contributed by atoms with Crippen LogP contribution in [0, 0.1) is 19.8 Å². The van der Waals surface area contributed by atoms with Crippen LogP contribution >= 0.6 is 0 Å². The summed E-state index contributed by atoms with van der Waals surface area (Å²) in [6.07, 6.45) is 3.51. The molecule has 28 heavy (non-hydrogen) atoms. The molecule has 2 aromatic rings. The highest BCUT2D eigenvalue weighted by Gasteiger charge is 2.24. The van der Waals surface area contributed by atoms with E-state index in [0.29, 0.717) is 18.9 Å². The van der Waals surface area contributed by atoms with E-state index >= 15 is 0 Å². The van der Waals surface area contributed by atoms with Crippen LogP contribution in [0.5, 0.6) is 0 Å². The molecule has 4 nitrogen and oxygen atoms in total. The van der Waals surface area contributed by atoms with Gasteiger partial charge < -0.3 is 10.6 Å². The molecule has 0 atom stereocenters. The Bertz CT molecular complexity index is 834. The van der Waals surface area contributed by atoms with Crippen LogP contribution in [0.25, 0.3) is 11.1 Å². The molecule has 1 aromatic heterocycles. The van der Waals surface area contributed by atoms with Crippen molar-refractivity contribution < 1.29 is 4.79 Å². The topological polar surface area (TPSA) is 59.2 Å². The van der Waals surface area contributed by atoms with Gasteiger partial charge in [-0.2, -0.15) is 0 Å². The second kappa shape index (κ2) is 8.87. The fourth-order valence-electron chi connectivity index (χ4n) is 4.13. The molecular weight excluding hydrogens is 346 g/mol. The average molecular weight is 380 g/mol. The fourth-order valence-corrected chi connectivity index (χ4v) is 4.13. The molecule has 0 spiro atoms. The summed E-state index contributed by atoms with van der Waals surface area (Å²) in [6.45, 7) is 10.7. The second-order valence-electron chi connectivity index (χ2n) is 8.41. The maximum Gasteiger partial charge on any atom is 0.227 e. The zero-order chi connectivity index (χ0) is 20.3. The first-order valence-electron chi connectivity index (χ1n) is 10.5. The summed E-state index contributed by atoms with van der Waals surface area (Å²) in [7, 11) is 0. The van der Waals surface area contributed by atoms with E-state index in [0.717, 1.165) is 66.0 Å². The van der Waals surface area contributed by atoms with Crippen LogP contribution in [-0.2, 0) is 24.2 Å². The van der Waals surface area contributed by atoms with Crippen LogP contribution in [0.2, 0.25) is 0 Å². The molecule has 1 aliphatic heterocycles. The van der Waals surface area contributed by atoms with E-state index in [9.17, 15) is 4.79 Å². The molecule has 2 N–H and O–H groups in total.